The molecule has 0 saturated carbocycles. The van der Waals surface area contributed by atoms with Gasteiger partial charge in [0.25, 0.3) is 5.91 Å². The SMILES string of the molecule is COC(=O)COc1ccc(NC(=O)c2c(Br)c3ccccc3n2C)cc1. The van der Waals surface area contributed by atoms with E-state index in [0.29, 0.717) is 17.1 Å². The summed E-state index contributed by atoms with van der Waals surface area (Å²) in [7, 11) is 3.15. The third kappa shape index (κ3) is 3.57. The van der Waals surface area contributed by atoms with E-state index >= 15 is 0 Å². The number of rotatable bonds is 5. The summed E-state index contributed by atoms with van der Waals surface area (Å²) in [6, 6.07) is 14.6. The van der Waals surface area contributed by atoms with Gasteiger partial charge in [0.1, 0.15) is 11.4 Å². The van der Waals surface area contributed by atoms with Gasteiger partial charge in [-0.05, 0) is 46.3 Å². The second-order valence-corrected chi connectivity index (χ2v) is 6.38. The third-order valence-electron chi connectivity index (χ3n) is 3.96. The fourth-order valence-electron chi connectivity index (χ4n) is 2.62. The molecule has 6 nitrogen and oxygen atoms in total. The number of fused-ring (bicyclic) bond motifs is 1. The Balaban J connectivity index is 1.75. The van der Waals surface area contributed by atoms with Crippen molar-refractivity contribution in [2.45, 2.75) is 0 Å². The molecule has 1 aromatic heterocycles. The van der Waals surface area contributed by atoms with Gasteiger partial charge in [-0.15, -0.1) is 0 Å². The van der Waals surface area contributed by atoms with Gasteiger partial charge in [-0.1, -0.05) is 18.2 Å². The largest absolute Gasteiger partial charge is 0.482 e. The Kier molecular flexibility index (Phi) is 5.27. The number of aryl methyl sites for hydroxylation is 1. The summed E-state index contributed by atoms with van der Waals surface area (Å²) in [5.74, 6) is -0.166. The maximum Gasteiger partial charge on any atom is 0.343 e. The average molecular weight is 417 g/mol. The summed E-state index contributed by atoms with van der Waals surface area (Å²) in [6.45, 7) is -0.162. The molecule has 0 radical (unpaired) electrons. The van der Waals surface area contributed by atoms with Crippen LogP contribution in [-0.2, 0) is 16.6 Å². The van der Waals surface area contributed by atoms with Crippen molar-refractivity contribution in [1.82, 2.24) is 4.57 Å². The Morgan fingerprint density at radius 2 is 1.81 bits per heavy atom. The predicted molar refractivity (Wildman–Crippen MR) is 103 cm³/mol. The Bertz CT molecular complexity index is 925. The number of nitrogens with zero attached hydrogens (tertiary/aromatic N) is 1. The molecule has 3 aromatic rings. The summed E-state index contributed by atoms with van der Waals surface area (Å²) >= 11 is 3.52. The summed E-state index contributed by atoms with van der Waals surface area (Å²) in [6.07, 6.45) is 0. The number of carbonyl (C=O) groups is 2. The number of amides is 1. The molecule has 7 heteroatoms. The number of methoxy groups -OCH3 is 1. The van der Waals surface area contributed by atoms with Crippen molar-refractivity contribution in [3.05, 3.63) is 58.7 Å². The Hall–Kier alpha value is -2.80. The number of halogens is 1. The number of aromatic nitrogens is 1. The zero-order chi connectivity index (χ0) is 18.7. The van der Waals surface area contributed by atoms with Crippen LogP contribution in [0.1, 0.15) is 10.5 Å². The van der Waals surface area contributed by atoms with Gasteiger partial charge in [-0.2, -0.15) is 0 Å². The van der Waals surface area contributed by atoms with Crippen LogP contribution in [0, 0.1) is 0 Å². The van der Waals surface area contributed by atoms with Crippen molar-refractivity contribution < 1.29 is 19.1 Å². The van der Waals surface area contributed by atoms with E-state index in [9.17, 15) is 9.59 Å². The van der Waals surface area contributed by atoms with E-state index in [1.807, 2.05) is 35.9 Å². The highest BCUT2D eigenvalue weighted by Crippen LogP contribution is 2.30. The van der Waals surface area contributed by atoms with Crippen LogP contribution in [0.25, 0.3) is 10.9 Å². The second kappa shape index (κ2) is 7.61. The summed E-state index contributed by atoms with van der Waals surface area (Å²) < 4.78 is 12.4. The molecule has 134 valence electrons. The van der Waals surface area contributed by atoms with Crippen LogP contribution in [0.4, 0.5) is 5.69 Å². The van der Waals surface area contributed by atoms with Crippen molar-refractivity contribution in [1.29, 1.82) is 0 Å². The lowest BCUT2D eigenvalue weighted by Crippen LogP contribution is -2.16. The zero-order valence-corrected chi connectivity index (χ0v) is 15.9. The molecule has 0 saturated heterocycles. The first kappa shape index (κ1) is 18.0. The molecule has 0 unspecified atom stereocenters. The van der Waals surface area contributed by atoms with Gasteiger partial charge in [0.15, 0.2) is 6.61 Å². The van der Waals surface area contributed by atoms with Crippen molar-refractivity contribution in [3.8, 4) is 5.75 Å². The van der Waals surface area contributed by atoms with E-state index in [0.717, 1.165) is 15.4 Å². The quantitative estimate of drug-likeness (QED) is 0.643. The minimum atomic E-state index is -0.456. The van der Waals surface area contributed by atoms with Crippen LogP contribution in [0.15, 0.2) is 53.0 Å². The normalized spacial score (nSPS) is 10.6. The van der Waals surface area contributed by atoms with E-state index in [2.05, 4.69) is 26.0 Å². The number of hydrogen-bond donors (Lipinski definition) is 1. The average Bonchev–Trinajstić information content (AvgIpc) is 2.92. The molecule has 0 atom stereocenters. The zero-order valence-electron chi connectivity index (χ0n) is 14.3. The minimum Gasteiger partial charge on any atom is -0.482 e. The topological polar surface area (TPSA) is 69.6 Å². The number of ether oxygens (including phenoxy) is 2. The number of carbonyl (C=O) groups excluding carboxylic acids is 2. The molecule has 0 aliphatic rings. The van der Waals surface area contributed by atoms with E-state index < -0.39 is 5.97 Å². The molecule has 0 bridgehead atoms. The molecule has 0 aliphatic heterocycles. The van der Waals surface area contributed by atoms with Crippen molar-refractivity contribution in [2.75, 3.05) is 19.0 Å². The van der Waals surface area contributed by atoms with Crippen LogP contribution >= 0.6 is 15.9 Å². The Morgan fingerprint density at radius 3 is 2.46 bits per heavy atom. The minimum absolute atomic E-state index is 0.162. The first-order valence-corrected chi connectivity index (χ1v) is 8.64. The first-order chi connectivity index (χ1) is 12.5. The summed E-state index contributed by atoms with van der Waals surface area (Å²) in [5.41, 5.74) is 2.13. The molecule has 26 heavy (non-hydrogen) atoms. The highest BCUT2D eigenvalue weighted by Gasteiger charge is 2.19. The molecule has 1 N–H and O–H groups in total. The lowest BCUT2D eigenvalue weighted by Gasteiger charge is -2.09. The molecular formula is C19H17BrN2O4. The number of anilines is 1. The van der Waals surface area contributed by atoms with E-state index in [1.54, 1.807) is 24.3 Å². The standard InChI is InChI=1S/C19H17BrN2O4/c1-22-15-6-4-3-5-14(15)17(20)18(22)19(24)21-12-7-9-13(10-8-12)26-11-16(23)25-2/h3-10H,11H2,1-2H3,(H,21,24). The number of para-hydroxylation sites is 1. The van der Waals surface area contributed by atoms with E-state index in [1.165, 1.54) is 7.11 Å². The molecule has 1 amide bonds. The molecule has 0 aliphatic carbocycles. The van der Waals surface area contributed by atoms with Crippen molar-refractivity contribution in [3.63, 3.8) is 0 Å². The molecule has 2 aromatic carbocycles. The molecular weight excluding hydrogens is 400 g/mol. The van der Waals surface area contributed by atoms with Crippen LogP contribution < -0.4 is 10.1 Å². The fraction of sp³-hybridized carbons (Fsp3) is 0.158. The highest BCUT2D eigenvalue weighted by atomic mass is 79.9. The smallest absolute Gasteiger partial charge is 0.343 e. The highest BCUT2D eigenvalue weighted by molar-refractivity contribution is 9.10. The third-order valence-corrected chi connectivity index (χ3v) is 4.76. The van der Waals surface area contributed by atoms with Gasteiger partial charge in [0, 0.05) is 23.6 Å². The van der Waals surface area contributed by atoms with E-state index in [4.69, 9.17) is 4.74 Å². The maximum absolute atomic E-state index is 12.7. The first-order valence-electron chi connectivity index (χ1n) is 7.85. The van der Waals surface area contributed by atoms with Gasteiger partial charge >= 0.3 is 5.97 Å². The molecule has 0 fully saturated rings. The predicted octanol–water partition coefficient (Wildman–Crippen LogP) is 3.74. The van der Waals surface area contributed by atoms with Crippen LogP contribution in [0.5, 0.6) is 5.75 Å². The maximum atomic E-state index is 12.7. The van der Waals surface area contributed by atoms with Gasteiger partial charge in [0.05, 0.1) is 11.6 Å². The van der Waals surface area contributed by atoms with Crippen LogP contribution in [0.3, 0.4) is 0 Å². The van der Waals surface area contributed by atoms with Gasteiger partial charge < -0.3 is 19.4 Å². The molecule has 1 heterocycles. The number of hydrogen-bond acceptors (Lipinski definition) is 4. The molecule has 0 spiro atoms. The Morgan fingerprint density at radius 1 is 1.12 bits per heavy atom. The van der Waals surface area contributed by atoms with Gasteiger partial charge in [-0.25, -0.2) is 4.79 Å². The summed E-state index contributed by atoms with van der Waals surface area (Å²) in [5, 5.41) is 3.85. The molecule has 3 rings (SSSR count). The van der Waals surface area contributed by atoms with Gasteiger partial charge in [-0.3, -0.25) is 4.79 Å². The second-order valence-electron chi connectivity index (χ2n) is 5.58. The number of benzene rings is 2. The Labute approximate surface area is 158 Å². The number of nitrogens with one attached hydrogen (secondary N) is 1. The summed E-state index contributed by atoms with van der Waals surface area (Å²) in [4.78, 5) is 23.8. The van der Waals surface area contributed by atoms with Crippen LogP contribution in [0.2, 0.25) is 0 Å². The fourth-order valence-corrected chi connectivity index (χ4v) is 3.41. The van der Waals surface area contributed by atoms with Gasteiger partial charge in [0.2, 0.25) is 0 Å². The van der Waals surface area contributed by atoms with E-state index in [-0.39, 0.29) is 12.5 Å². The monoisotopic (exact) mass is 416 g/mol. The number of esters is 1. The van der Waals surface area contributed by atoms with Crippen LogP contribution in [-0.4, -0.2) is 30.2 Å². The van der Waals surface area contributed by atoms with Crippen molar-refractivity contribution >= 4 is 44.4 Å². The lowest BCUT2D eigenvalue weighted by molar-refractivity contribution is -0.142. The van der Waals surface area contributed by atoms with Crippen molar-refractivity contribution in [2.24, 2.45) is 7.05 Å². The lowest BCUT2D eigenvalue weighted by atomic mass is 10.2.